The maximum atomic E-state index is 5.15. The van der Waals surface area contributed by atoms with E-state index >= 15 is 0 Å². The molecule has 108 valence electrons. The molecule has 1 fully saturated rings. The van der Waals surface area contributed by atoms with Gasteiger partial charge in [0, 0.05) is 50.1 Å². The molecule has 0 atom stereocenters. The quantitative estimate of drug-likeness (QED) is 0.788. The number of fused-ring (bicyclic) bond motifs is 1. The summed E-state index contributed by atoms with van der Waals surface area (Å²) in [6.07, 6.45) is 5.92. The Labute approximate surface area is 120 Å². The highest BCUT2D eigenvalue weighted by molar-refractivity contribution is 5.80. The summed E-state index contributed by atoms with van der Waals surface area (Å²) >= 11 is 0. The summed E-state index contributed by atoms with van der Waals surface area (Å²) in [7, 11) is 1.75. The Balaban J connectivity index is 1.84. The maximum Gasteiger partial charge on any atom is 0.140 e. The van der Waals surface area contributed by atoms with Gasteiger partial charge in [0.05, 0.1) is 0 Å². The van der Waals surface area contributed by atoms with Crippen LogP contribution in [0.4, 0.5) is 0 Å². The number of pyridine rings is 1. The zero-order valence-electron chi connectivity index (χ0n) is 12.4. The van der Waals surface area contributed by atoms with Crippen molar-refractivity contribution in [1.82, 2.24) is 14.9 Å². The van der Waals surface area contributed by atoms with Gasteiger partial charge in [-0.05, 0) is 43.9 Å². The number of hydrogen-bond acceptors (Lipinski definition) is 3. The summed E-state index contributed by atoms with van der Waals surface area (Å²) in [6, 6.07) is 5.04. The van der Waals surface area contributed by atoms with Gasteiger partial charge in [-0.2, -0.15) is 0 Å². The van der Waals surface area contributed by atoms with Crippen molar-refractivity contribution in [2.45, 2.75) is 45.3 Å². The molecule has 0 unspecified atom stereocenters. The van der Waals surface area contributed by atoms with E-state index in [1.165, 1.54) is 23.8 Å². The zero-order valence-corrected chi connectivity index (χ0v) is 12.4. The average Bonchev–Trinajstić information content (AvgIpc) is 3.21. The second-order valence-electron chi connectivity index (χ2n) is 5.67. The smallest absolute Gasteiger partial charge is 0.140 e. The first-order valence-electron chi connectivity index (χ1n) is 7.45. The fourth-order valence-electron chi connectivity index (χ4n) is 2.56. The topological polar surface area (TPSA) is 39.1 Å². The van der Waals surface area contributed by atoms with E-state index in [9.17, 15) is 0 Å². The molecule has 20 heavy (non-hydrogen) atoms. The minimum Gasteiger partial charge on any atom is -0.385 e. The second-order valence-corrected chi connectivity index (χ2v) is 5.67. The van der Waals surface area contributed by atoms with Crippen LogP contribution in [-0.4, -0.2) is 29.3 Å². The van der Waals surface area contributed by atoms with Crippen molar-refractivity contribution in [1.29, 1.82) is 0 Å². The van der Waals surface area contributed by atoms with Gasteiger partial charge in [-0.1, -0.05) is 0 Å². The van der Waals surface area contributed by atoms with Gasteiger partial charge in [0.1, 0.15) is 5.65 Å². The van der Waals surface area contributed by atoms with Crippen molar-refractivity contribution >= 4 is 11.0 Å². The molecule has 2 aromatic rings. The summed E-state index contributed by atoms with van der Waals surface area (Å²) in [5.41, 5.74) is 3.54. The Bertz CT molecular complexity index is 587. The van der Waals surface area contributed by atoms with E-state index in [2.05, 4.69) is 28.2 Å². The fraction of sp³-hybridized carbons (Fsp3) is 0.562. The van der Waals surface area contributed by atoms with E-state index < -0.39 is 0 Å². The van der Waals surface area contributed by atoms with Crippen LogP contribution >= 0.6 is 0 Å². The molecule has 0 radical (unpaired) electrons. The minimum atomic E-state index is 0.736. The van der Waals surface area contributed by atoms with Crippen LogP contribution in [0.3, 0.4) is 0 Å². The molecular weight excluding hydrogens is 250 g/mol. The number of rotatable bonds is 7. The SMILES string of the molecule is COCCCn1cc(CNC2CC2)c2ccc(C)nc21. The lowest BCUT2D eigenvalue weighted by Gasteiger charge is -2.04. The standard InChI is InChI=1S/C16H23N3O/c1-12-4-7-15-13(10-17-14-5-6-14)11-19(16(15)18-12)8-3-9-20-2/h4,7,11,14,17H,3,5-6,8-10H2,1-2H3. The van der Waals surface area contributed by atoms with E-state index in [1.807, 2.05) is 6.92 Å². The average molecular weight is 273 g/mol. The van der Waals surface area contributed by atoms with Crippen molar-refractivity contribution in [2.75, 3.05) is 13.7 Å². The Hall–Kier alpha value is -1.39. The van der Waals surface area contributed by atoms with E-state index in [1.54, 1.807) is 7.11 Å². The van der Waals surface area contributed by atoms with Crippen LogP contribution < -0.4 is 5.32 Å². The van der Waals surface area contributed by atoms with Gasteiger partial charge < -0.3 is 14.6 Å². The molecule has 2 heterocycles. The molecule has 4 heteroatoms. The normalized spacial score (nSPS) is 15.1. The van der Waals surface area contributed by atoms with Crippen molar-refractivity contribution in [3.05, 3.63) is 29.6 Å². The van der Waals surface area contributed by atoms with Gasteiger partial charge in [0.15, 0.2) is 0 Å². The molecule has 1 aliphatic rings. The molecule has 0 saturated heterocycles. The first-order chi connectivity index (χ1) is 9.78. The van der Waals surface area contributed by atoms with Crippen molar-refractivity contribution in [3.63, 3.8) is 0 Å². The Kier molecular flexibility index (Phi) is 4.03. The fourth-order valence-corrected chi connectivity index (χ4v) is 2.56. The number of nitrogens with zero attached hydrogens (tertiary/aromatic N) is 2. The number of aryl methyl sites for hydroxylation is 2. The summed E-state index contributed by atoms with van der Waals surface area (Å²) in [6.45, 7) is 4.75. The molecule has 0 amide bonds. The van der Waals surface area contributed by atoms with E-state index in [4.69, 9.17) is 9.72 Å². The molecule has 0 aliphatic heterocycles. The summed E-state index contributed by atoms with van der Waals surface area (Å²) in [5.74, 6) is 0. The van der Waals surface area contributed by atoms with Crippen LogP contribution in [0.15, 0.2) is 18.3 Å². The lowest BCUT2D eigenvalue weighted by atomic mass is 10.2. The van der Waals surface area contributed by atoms with E-state index in [0.717, 1.165) is 43.5 Å². The lowest BCUT2D eigenvalue weighted by molar-refractivity contribution is 0.190. The molecule has 1 N–H and O–H groups in total. The summed E-state index contributed by atoms with van der Waals surface area (Å²) in [4.78, 5) is 4.71. The zero-order chi connectivity index (χ0) is 13.9. The third-order valence-corrected chi connectivity index (χ3v) is 3.85. The van der Waals surface area contributed by atoms with E-state index in [0.29, 0.717) is 0 Å². The van der Waals surface area contributed by atoms with E-state index in [-0.39, 0.29) is 0 Å². The van der Waals surface area contributed by atoms with Gasteiger partial charge >= 0.3 is 0 Å². The van der Waals surface area contributed by atoms with Gasteiger partial charge in [-0.3, -0.25) is 0 Å². The Morgan fingerprint density at radius 1 is 1.40 bits per heavy atom. The monoisotopic (exact) mass is 273 g/mol. The Morgan fingerprint density at radius 3 is 3.00 bits per heavy atom. The molecule has 2 aromatic heterocycles. The molecular formula is C16H23N3O. The number of ether oxygens (including phenoxy) is 1. The number of nitrogens with one attached hydrogen (secondary N) is 1. The van der Waals surface area contributed by atoms with Crippen LogP contribution in [0, 0.1) is 6.92 Å². The van der Waals surface area contributed by atoms with Crippen LogP contribution in [0.1, 0.15) is 30.5 Å². The van der Waals surface area contributed by atoms with Gasteiger partial charge in [-0.15, -0.1) is 0 Å². The van der Waals surface area contributed by atoms with Crippen LogP contribution in [0.25, 0.3) is 11.0 Å². The third kappa shape index (κ3) is 3.02. The first kappa shape index (κ1) is 13.6. The summed E-state index contributed by atoms with van der Waals surface area (Å²) in [5, 5.41) is 4.87. The summed E-state index contributed by atoms with van der Waals surface area (Å²) < 4.78 is 7.42. The number of hydrogen-bond donors (Lipinski definition) is 1. The van der Waals surface area contributed by atoms with Crippen molar-refractivity contribution in [3.8, 4) is 0 Å². The highest BCUT2D eigenvalue weighted by atomic mass is 16.5. The van der Waals surface area contributed by atoms with Gasteiger partial charge in [0.2, 0.25) is 0 Å². The van der Waals surface area contributed by atoms with Crippen molar-refractivity contribution in [2.24, 2.45) is 0 Å². The molecule has 0 spiro atoms. The lowest BCUT2D eigenvalue weighted by Crippen LogP contribution is -2.14. The van der Waals surface area contributed by atoms with Gasteiger partial charge in [-0.25, -0.2) is 4.98 Å². The third-order valence-electron chi connectivity index (χ3n) is 3.85. The predicted octanol–water partition coefficient (Wildman–Crippen LogP) is 2.63. The second kappa shape index (κ2) is 5.94. The molecule has 3 rings (SSSR count). The van der Waals surface area contributed by atoms with Gasteiger partial charge in [0.25, 0.3) is 0 Å². The molecule has 4 nitrogen and oxygen atoms in total. The molecule has 1 saturated carbocycles. The first-order valence-corrected chi connectivity index (χ1v) is 7.45. The molecule has 1 aliphatic carbocycles. The molecule has 0 bridgehead atoms. The number of aromatic nitrogens is 2. The van der Waals surface area contributed by atoms with Crippen molar-refractivity contribution < 1.29 is 4.74 Å². The number of methoxy groups -OCH3 is 1. The molecule has 0 aromatic carbocycles. The highest BCUT2D eigenvalue weighted by Crippen LogP contribution is 2.23. The Morgan fingerprint density at radius 2 is 2.25 bits per heavy atom. The largest absolute Gasteiger partial charge is 0.385 e. The predicted molar refractivity (Wildman–Crippen MR) is 80.8 cm³/mol. The highest BCUT2D eigenvalue weighted by Gasteiger charge is 2.21. The van der Waals surface area contributed by atoms with Crippen LogP contribution in [0.5, 0.6) is 0 Å². The van der Waals surface area contributed by atoms with Crippen LogP contribution in [0.2, 0.25) is 0 Å². The minimum absolute atomic E-state index is 0.736. The van der Waals surface area contributed by atoms with Crippen LogP contribution in [-0.2, 0) is 17.8 Å². The maximum absolute atomic E-state index is 5.15.